The van der Waals surface area contributed by atoms with E-state index in [1.807, 2.05) is 24.3 Å². The lowest BCUT2D eigenvalue weighted by Gasteiger charge is -2.32. The van der Waals surface area contributed by atoms with Crippen LogP contribution in [0, 0.1) is 0 Å². The summed E-state index contributed by atoms with van der Waals surface area (Å²) in [5.74, 6) is 1.30. The van der Waals surface area contributed by atoms with Crippen molar-refractivity contribution >= 4 is 18.1 Å². The Balaban J connectivity index is 1.55. The molecule has 27 heavy (non-hydrogen) atoms. The van der Waals surface area contributed by atoms with E-state index in [2.05, 4.69) is 15.3 Å². The Morgan fingerprint density at radius 1 is 1.22 bits per heavy atom. The number of carbonyl (C=O) groups excluding carboxylic acids is 2. The van der Waals surface area contributed by atoms with Crippen LogP contribution in [0.15, 0.2) is 36.7 Å². The average molecular weight is 369 g/mol. The van der Waals surface area contributed by atoms with Crippen molar-refractivity contribution in [1.29, 1.82) is 0 Å². The van der Waals surface area contributed by atoms with E-state index in [1.54, 1.807) is 23.0 Å². The van der Waals surface area contributed by atoms with Crippen molar-refractivity contribution in [3.63, 3.8) is 0 Å². The minimum atomic E-state index is -0.140. The molecule has 0 unspecified atom stereocenters. The van der Waals surface area contributed by atoms with Gasteiger partial charge < -0.3 is 19.9 Å². The average Bonchev–Trinajstić information content (AvgIpc) is 2.73. The predicted molar refractivity (Wildman–Crippen MR) is 101 cm³/mol. The number of methoxy groups -OCH3 is 1. The zero-order valence-corrected chi connectivity index (χ0v) is 15.3. The molecule has 2 aromatic rings. The summed E-state index contributed by atoms with van der Waals surface area (Å²) in [6, 6.07) is 9.57. The fraction of sp³-hybridized carbons (Fsp3) is 0.368. The number of hydrogen-bond acceptors (Lipinski definition) is 6. The first-order valence-electron chi connectivity index (χ1n) is 8.87. The first kappa shape index (κ1) is 18.6. The Hall–Kier alpha value is -3.16. The molecule has 1 N–H and O–H groups in total. The van der Waals surface area contributed by atoms with E-state index in [1.165, 1.54) is 6.33 Å². The summed E-state index contributed by atoms with van der Waals surface area (Å²) in [4.78, 5) is 35.0. The standard InChI is InChI=1S/C19H23N5O3/c1-27-16-4-2-3-15(11-16)5-6-20-18-12-17(21-13-22-18)19(26)24-9-7-23(14-25)8-10-24/h2-4,11-14H,5-10H2,1H3,(H,20,21,22). The van der Waals surface area contributed by atoms with Crippen molar-refractivity contribution in [1.82, 2.24) is 19.8 Å². The van der Waals surface area contributed by atoms with Gasteiger partial charge in [0.25, 0.3) is 5.91 Å². The Labute approximate surface area is 158 Å². The van der Waals surface area contributed by atoms with Crippen LogP contribution in [0.2, 0.25) is 0 Å². The van der Waals surface area contributed by atoms with Gasteiger partial charge in [-0.05, 0) is 24.1 Å². The molecule has 1 fully saturated rings. The zero-order chi connectivity index (χ0) is 19.1. The molecular formula is C19H23N5O3. The molecule has 2 amide bonds. The molecule has 0 bridgehead atoms. The van der Waals surface area contributed by atoms with E-state index >= 15 is 0 Å². The summed E-state index contributed by atoms with van der Waals surface area (Å²) in [7, 11) is 1.65. The number of carbonyl (C=O) groups is 2. The lowest BCUT2D eigenvalue weighted by atomic mass is 10.1. The van der Waals surface area contributed by atoms with Crippen LogP contribution in [0.3, 0.4) is 0 Å². The molecule has 142 valence electrons. The third kappa shape index (κ3) is 4.93. The predicted octanol–water partition coefficient (Wildman–Crippen LogP) is 1.05. The molecule has 8 nitrogen and oxygen atoms in total. The fourth-order valence-corrected chi connectivity index (χ4v) is 2.93. The normalized spacial score (nSPS) is 14.0. The molecule has 2 heterocycles. The maximum atomic E-state index is 12.6. The van der Waals surface area contributed by atoms with Gasteiger partial charge in [-0.1, -0.05) is 12.1 Å². The third-order valence-electron chi connectivity index (χ3n) is 4.49. The van der Waals surface area contributed by atoms with Crippen LogP contribution in [0.25, 0.3) is 0 Å². The maximum Gasteiger partial charge on any atom is 0.272 e. The molecule has 1 saturated heterocycles. The van der Waals surface area contributed by atoms with Crippen LogP contribution < -0.4 is 10.1 Å². The van der Waals surface area contributed by atoms with Gasteiger partial charge in [0, 0.05) is 38.8 Å². The number of nitrogens with zero attached hydrogens (tertiary/aromatic N) is 4. The number of benzene rings is 1. The Morgan fingerprint density at radius 2 is 2.04 bits per heavy atom. The van der Waals surface area contributed by atoms with Crippen molar-refractivity contribution in [2.24, 2.45) is 0 Å². The first-order chi connectivity index (χ1) is 13.2. The molecule has 0 saturated carbocycles. The lowest BCUT2D eigenvalue weighted by Crippen LogP contribution is -2.48. The molecule has 0 aliphatic carbocycles. The number of aromatic nitrogens is 2. The highest BCUT2D eigenvalue weighted by atomic mass is 16.5. The molecule has 0 spiro atoms. The van der Waals surface area contributed by atoms with E-state index in [0.29, 0.717) is 44.2 Å². The number of piperazine rings is 1. The number of rotatable bonds is 7. The van der Waals surface area contributed by atoms with E-state index in [0.717, 1.165) is 24.1 Å². The molecule has 3 rings (SSSR count). The number of nitrogens with one attached hydrogen (secondary N) is 1. The van der Waals surface area contributed by atoms with Crippen LogP contribution in [-0.4, -0.2) is 71.9 Å². The topological polar surface area (TPSA) is 87.7 Å². The van der Waals surface area contributed by atoms with Crippen molar-refractivity contribution < 1.29 is 14.3 Å². The van der Waals surface area contributed by atoms with Crippen LogP contribution in [0.4, 0.5) is 5.82 Å². The van der Waals surface area contributed by atoms with Crippen molar-refractivity contribution in [2.45, 2.75) is 6.42 Å². The summed E-state index contributed by atoms with van der Waals surface area (Å²) < 4.78 is 5.23. The highest BCUT2D eigenvalue weighted by molar-refractivity contribution is 5.93. The highest BCUT2D eigenvalue weighted by Gasteiger charge is 2.22. The zero-order valence-electron chi connectivity index (χ0n) is 15.3. The number of anilines is 1. The highest BCUT2D eigenvalue weighted by Crippen LogP contribution is 2.14. The van der Waals surface area contributed by atoms with Gasteiger partial charge in [-0.3, -0.25) is 9.59 Å². The fourth-order valence-electron chi connectivity index (χ4n) is 2.93. The van der Waals surface area contributed by atoms with Gasteiger partial charge in [0.1, 0.15) is 23.6 Å². The minimum absolute atomic E-state index is 0.140. The summed E-state index contributed by atoms with van der Waals surface area (Å²) in [6.45, 7) is 2.80. The van der Waals surface area contributed by atoms with E-state index in [9.17, 15) is 9.59 Å². The van der Waals surface area contributed by atoms with Crippen LogP contribution in [0.5, 0.6) is 5.75 Å². The van der Waals surface area contributed by atoms with Crippen molar-refractivity contribution in [3.8, 4) is 5.75 Å². The second-order valence-corrected chi connectivity index (χ2v) is 6.25. The smallest absolute Gasteiger partial charge is 0.272 e. The van der Waals surface area contributed by atoms with Gasteiger partial charge in [0.05, 0.1) is 7.11 Å². The largest absolute Gasteiger partial charge is 0.497 e. The molecule has 1 aliphatic heterocycles. The van der Waals surface area contributed by atoms with E-state index in [-0.39, 0.29) is 5.91 Å². The lowest BCUT2D eigenvalue weighted by molar-refractivity contribution is -0.119. The third-order valence-corrected chi connectivity index (χ3v) is 4.49. The van der Waals surface area contributed by atoms with Gasteiger partial charge in [-0.25, -0.2) is 9.97 Å². The number of ether oxygens (including phenoxy) is 1. The summed E-state index contributed by atoms with van der Waals surface area (Å²) in [5, 5.41) is 3.23. The summed E-state index contributed by atoms with van der Waals surface area (Å²) >= 11 is 0. The first-order valence-corrected chi connectivity index (χ1v) is 8.87. The molecule has 1 aromatic carbocycles. The summed E-state index contributed by atoms with van der Waals surface area (Å²) in [6.07, 6.45) is 3.01. The number of hydrogen-bond donors (Lipinski definition) is 1. The Kier molecular flexibility index (Phi) is 6.19. The Morgan fingerprint density at radius 3 is 2.78 bits per heavy atom. The summed E-state index contributed by atoms with van der Waals surface area (Å²) in [5.41, 5.74) is 1.51. The van der Waals surface area contributed by atoms with Crippen molar-refractivity contribution in [2.75, 3.05) is 45.2 Å². The SMILES string of the molecule is COc1cccc(CCNc2cc(C(=O)N3CCN(C=O)CC3)ncn2)c1. The van der Waals surface area contributed by atoms with Gasteiger partial charge in [0.2, 0.25) is 6.41 Å². The molecular weight excluding hydrogens is 346 g/mol. The second-order valence-electron chi connectivity index (χ2n) is 6.25. The van der Waals surface area contributed by atoms with Gasteiger partial charge in [-0.15, -0.1) is 0 Å². The molecule has 1 aliphatic rings. The monoisotopic (exact) mass is 369 g/mol. The maximum absolute atomic E-state index is 12.6. The number of amides is 2. The molecule has 8 heteroatoms. The second kappa shape index (κ2) is 8.98. The van der Waals surface area contributed by atoms with E-state index < -0.39 is 0 Å². The van der Waals surface area contributed by atoms with Gasteiger partial charge in [-0.2, -0.15) is 0 Å². The minimum Gasteiger partial charge on any atom is -0.497 e. The van der Waals surface area contributed by atoms with Gasteiger partial charge in [0.15, 0.2) is 0 Å². The van der Waals surface area contributed by atoms with Crippen molar-refractivity contribution in [3.05, 3.63) is 47.9 Å². The van der Waals surface area contributed by atoms with Crippen LogP contribution in [0.1, 0.15) is 16.1 Å². The van der Waals surface area contributed by atoms with Crippen LogP contribution >= 0.6 is 0 Å². The van der Waals surface area contributed by atoms with Gasteiger partial charge >= 0.3 is 0 Å². The van der Waals surface area contributed by atoms with Crippen LogP contribution in [-0.2, 0) is 11.2 Å². The van der Waals surface area contributed by atoms with E-state index in [4.69, 9.17) is 4.74 Å². The molecule has 1 aromatic heterocycles. The molecule has 0 radical (unpaired) electrons. The Bertz CT molecular complexity index is 790. The quantitative estimate of drug-likeness (QED) is 0.734. The molecule has 0 atom stereocenters.